The molecule has 2 amide bonds. The molecule has 0 aliphatic carbocycles. The number of carbonyl (C=O) groups excluding carboxylic acids is 3. The molecule has 0 radical (unpaired) electrons. The van der Waals surface area contributed by atoms with Crippen LogP contribution in [-0.4, -0.2) is 34.7 Å². The summed E-state index contributed by atoms with van der Waals surface area (Å²) in [5.41, 5.74) is 1.47. The Labute approximate surface area is 208 Å². The van der Waals surface area contributed by atoms with Crippen molar-refractivity contribution in [3.63, 3.8) is 0 Å². The first kappa shape index (κ1) is 24.6. The van der Waals surface area contributed by atoms with Crippen molar-refractivity contribution >= 4 is 74.1 Å². The lowest BCUT2D eigenvalue weighted by atomic mass is 10.2. The van der Waals surface area contributed by atoms with E-state index in [-0.39, 0.29) is 17.6 Å². The number of hydrogen-bond acceptors (Lipinski definition) is 6. The van der Waals surface area contributed by atoms with Crippen molar-refractivity contribution in [2.45, 2.75) is 26.6 Å². The molecule has 0 bridgehead atoms. The van der Waals surface area contributed by atoms with Gasteiger partial charge in [0.2, 0.25) is 0 Å². The summed E-state index contributed by atoms with van der Waals surface area (Å²) >= 11 is 16.3. The maximum Gasteiger partial charge on any atom is 0.326 e. The Morgan fingerprint density at radius 2 is 1.94 bits per heavy atom. The van der Waals surface area contributed by atoms with Crippen LogP contribution in [0.15, 0.2) is 45.8 Å². The Kier molecular flexibility index (Phi) is 8.27. The van der Waals surface area contributed by atoms with Gasteiger partial charge in [-0.2, -0.15) is 0 Å². The number of rotatable bonds is 7. The SMILES string of the molecule is CC(C)OC(=O)CN1C(=O)S/C(=C\c2ccc(OCc3ccc(Cl)cc3Cl)c(Br)c2)C1=O. The first-order chi connectivity index (χ1) is 15.1. The van der Waals surface area contributed by atoms with Crippen molar-refractivity contribution in [2.24, 2.45) is 0 Å². The highest BCUT2D eigenvalue weighted by atomic mass is 79.9. The maximum absolute atomic E-state index is 12.6. The van der Waals surface area contributed by atoms with Crippen LogP contribution in [0.2, 0.25) is 10.0 Å². The lowest BCUT2D eigenvalue weighted by molar-refractivity contribution is -0.149. The lowest BCUT2D eigenvalue weighted by Crippen LogP contribution is -2.35. The monoisotopic (exact) mass is 557 g/mol. The van der Waals surface area contributed by atoms with Crippen LogP contribution in [0.3, 0.4) is 0 Å². The van der Waals surface area contributed by atoms with Crippen molar-refractivity contribution in [3.8, 4) is 5.75 Å². The Balaban J connectivity index is 1.68. The van der Waals surface area contributed by atoms with E-state index in [1.807, 2.05) is 0 Å². The Morgan fingerprint density at radius 3 is 2.59 bits per heavy atom. The van der Waals surface area contributed by atoms with E-state index < -0.39 is 23.7 Å². The summed E-state index contributed by atoms with van der Waals surface area (Å²) in [6.45, 7) is 3.23. The summed E-state index contributed by atoms with van der Waals surface area (Å²) in [5, 5.41) is 0.546. The minimum Gasteiger partial charge on any atom is -0.488 e. The molecule has 1 saturated heterocycles. The van der Waals surface area contributed by atoms with Gasteiger partial charge in [-0.3, -0.25) is 19.3 Å². The summed E-state index contributed by atoms with van der Waals surface area (Å²) in [4.78, 5) is 37.6. The molecule has 0 aromatic heterocycles. The molecule has 0 saturated carbocycles. The van der Waals surface area contributed by atoms with Crippen molar-refractivity contribution in [1.82, 2.24) is 4.90 Å². The second-order valence-corrected chi connectivity index (χ2v) is 9.71. The third kappa shape index (κ3) is 6.28. The molecule has 2 aromatic rings. The predicted octanol–water partition coefficient (Wildman–Crippen LogP) is 6.32. The Morgan fingerprint density at radius 1 is 1.19 bits per heavy atom. The van der Waals surface area contributed by atoms with Gasteiger partial charge >= 0.3 is 5.97 Å². The number of thioether (sulfide) groups is 1. The van der Waals surface area contributed by atoms with E-state index in [4.69, 9.17) is 32.7 Å². The average molecular weight is 559 g/mol. The lowest BCUT2D eigenvalue weighted by Gasteiger charge is -2.13. The number of esters is 1. The molecule has 0 spiro atoms. The average Bonchev–Trinajstić information content (AvgIpc) is 2.95. The molecule has 6 nitrogen and oxygen atoms in total. The van der Waals surface area contributed by atoms with Gasteiger partial charge in [-0.05, 0) is 77.4 Å². The van der Waals surface area contributed by atoms with Crippen LogP contribution in [0.25, 0.3) is 6.08 Å². The van der Waals surface area contributed by atoms with Gasteiger partial charge in [0.1, 0.15) is 18.9 Å². The highest BCUT2D eigenvalue weighted by Crippen LogP contribution is 2.34. The minimum absolute atomic E-state index is 0.223. The van der Waals surface area contributed by atoms with Gasteiger partial charge in [-0.1, -0.05) is 35.3 Å². The number of nitrogens with zero attached hydrogens (tertiary/aromatic N) is 1. The van der Waals surface area contributed by atoms with Crippen molar-refractivity contribution < 1.29 is 23.9 Å². The van der Waals surface area contributed by atoms with E-state index >= 15 is 0 Å². The standard InChI is InChI=1S/C22H18BrCl2NO5S/c1-12(2)31-20(27)10-26-21(28)19(32-22(26)29)8-13-3-6-18(16(23)7-13)30-11-14-4-5-15(24)9-17(14)25/h3-9,12H,10-11H2,1-2H3/b19-8-. The predicted molar refractivity (Wildman–Crippen MR) is 129 cm³/mol. The van der Waals surface area contributed by atoms with Crippen LogP contribution in [0.4, 0.5) is 4.79 Å². The molecule has 0 atom stereocenters. The molecule has 1 aliphatic rings. The van der Waals surface area contributed by atoms with Gasteiger partial charge in [0.25, 0.3) is 11.1 Å². The zero-order valence-electron chi connectivity index (χ0n) is 17.1. The maximum atomic E-state index is 12.6. The van der Waals surface area contributed by atoms with Crippen LogP contribution in [-0.2, 0) is 20.9 Å². The molecular weight excluding hydrogens is 541 g/mol. The number of imide groups is 1. The molecule has 1 heterocycles. The van der Waals surface area contributed by atoms with Crippen LogP contribution in [0, 0.1) is 0 Å². The molecule has 1 fully saturated rings. The van der Waals surface area contributed by atoms with Crippen LogP contribution in [0.5, 0.6) is 5.75 Å². The molecule has 0 unspecified atom stereocenters. The highest BCUT2D eigenvalue weighted by molar-refractivity contribution is 9.10. The van der Waals surface area contributed by atoms with Crippen LogP contribution in [0.1, 0.15) is 25.0 Å². The summed E-state index contributed by atoms with van der Waals surface area (Å²) in [6.07, 6.45) is 1.26. The summed E-state index contributed by atoms with van der Waals surface area (Å²) in [6, 6.07) is 10.4. The quantitative estimate of drug-likeness (QED) is 0.292. The number of halogens is 3. The van der Waals surface area contributed by atoms with E-state index in [9.17, 15) is 14.4 Å². The zero-order chi connectivity index (χ0) is 23.4. The third-order valence-electron chi connectivity index (χ3n) is 4.18. The van der Waals surface area contributed by atoms with E-state index in [2.05, 4.69) is 15.9 Å². The third-order valence-corrected chi connectivity index (χ3v) is 6.29. The first-order valence-corrected chi connectivity index (χ1v) is 11.8. The van der Waals surface area contributed by atoms with Gasteiger partial charge in [-0.25, -0.2) is 0 Å². The van der Waals surface area contributed by atoms with Crippen LogP contribution >= 0.6 is 50.9 Å². The topological polar surface area (TPSA) is 72.9 Å². The molecule has 2 aromatic carbocycles. The molecule has 1 aliphatic heterocycles. The first-order valence-electron chi connectivity index (χ1n) is 9.45. The van der Waals surface area contributed by atoms with Gasteiger partial charge in [0.05, 0.1) is 15.5 Å². The van der Waals surface area contributed by atoms with E-state index in [0.717, 1.165) is 22.2 Å². The molecular formula is C22H18BrCl2NO5S. The summed E-state index contributed by atoms with van der Waals surface area (Å²) in [7, 11) is 0. The smallest absolute Gasteiger partial charge is 0.326 e. The fourth-order valence-electron chi connectivity index (χ4n) is 2.74. The number of amides is 2. The van der Waals surface area contributed by atoms with Gasteiger partial charge < -0.3 is 9.47 Å². The van der Waals surface area contributed by atoms with E-state index in [1.54, 1.807) is 56.3 Å². The van der Waals surface area contributed by atoms with Crippen molar-refractivity contribution in [1.29, 1.82) is 0 Å². The van der Waals surface area contributed by atoms with E-state index in [0.29, 0.717) is 25.8 Å². The zero-order valence-corrected chi connectivity index (χ0v) is 21.0. The largest absolute Gasteiger partial charge is 0.488 e. The highest BCUT2D eigenvalue weighted by Gasteiger charge is 2.36. The number of ether oxygens (including phenoxy) is 2. The van der Waals surface area contributed by atoms with Gasteiger partial charge in [-0.15, -0.1) is 0 Å². The molecule has 0 N–H and O–H groups in total. The molecule has 3 rings (SSSR count). The van der Waals surface area contributed by atoms with Crippen LogP contribution < -0.4 is 4.74 Å². The second kappa shape index (κ2) is 10.7. The summed E-state index contributed by atoms with van der Waals surface area (Å²) in [5.74, 6) is -0.583. The van der Waals surface area contributed by atoms with Crippen molar-refractivity contribution in [3.05, 3.63) is 66.9 Å². The normalized spacial score (nSPS) is 15.1. The fourth-order valence-corrected chi connectivity index (χ4v) is 4.55. The molecule has 168 valence electrons. The van der Waals surface area contributed by atoms with Gasteiger partial charge in [0.15, 0.2) is 0 Å². The van der Waals surface area contributed by atoms with Crippen molar-refractivity contribution in [2.75, 3.05) is 6.54 Å². The Hall–Kier alpha value is -2.00. The number of benzene rings is 2. The Bertz CT molecular complexity index is 1110. The second-order valence-electron chi connectivity index (χ2n) is 7.02. The molecule has 10 heteroatoms. The molecule has 32 heavy (non-hydrogen) atoms. The number of carbonyl (C=O) groups is 3. The fraction of sp³-hybridized carbons (Fsp3) is 0.227. The number of hydrogen-bond donors (Lipinski definition) is 0. The van der Waals surface area contributed by atoms with Gasteiger partial charge in [0, 0.05) is 15.6 Å². The van der Waals surface area contributed by atoms with E-state index in [1.165, 1.54) is 0 Å². The summed E-state index contributed by atoms with van der Waals surface area (Å²) < 4.78 is 11.5. The minimum atomic E-state index is -0.631.